The first-order valence-electron chi connectivity index (χ1n) is 9.61. The number of furan rings is 1. The van der Waals surface area contributed by atoms with Crippen LogP contribution in [-0.2, 0) is 11.2 Å². The Hall–Kier alpha value is -3.97. The van der Waals surface area contributed by atoms with Crippen LogP contribution in [-0.4, -0.2) is 16.9 Å². The van der Waals surface area contributed by atoms with Crippen LogP contribution >= 0.6 is 12.2 Å². The zero-order valence-corrected chi connectivity index (χ0v) is 17.2. The lowest BCUT2D eigenvalue weighted by Gasteiger charge is -2.10. The first-order chi connectivity index (χ1) is 15.1. The molecule has 0 saturated carbocycles. The summed E-state index contributed by atoms with van der Waals surface area (Å²) < 4.78 is 5.58. The van der Waals surface area contributed by atoms with E-state index < -0.39 is 0 Å². The maximum Gasteiger partial charge on any atom is 0.291 e. The first-order valence-corrected chi connectivity index (χ1v) is 10.0. The Bertz CT molecular complexity index is 1200. The van der Waals surface area contributed by atoms with Crippen LogP contribution in [0.15, 0.2) is 89.3 Å². The van der Waals surface area contributed by atoms with Gasteiger partial charge in [-0.05, 0) is 54.2 Å². The van der Waals surface area contributed by atoms with Crippen LogP contribution in [0.25, 0.3) is 11.0 Å². The van der Waals surface area contributed by atoms with E-state index in [4.69, 9.17) is 16.6 Å². The molecule has 0 aliphatic rings. The molecule has 0 saturated heterocycles. The molecule has 2 amide bonds. The van der Waals surface area contributed by atoms with E-state index in [2.05, 4.69) is 16.0 Å². The number of nitrogens with one attached hydrogen (secondary N) is 3. The molecule has 0 aliphatic carbocycles. The predicted molar refractivity (Wildman–Crippen MR) is 125 cm³/mol. The van der Waals surface area contributed by atoms with Crippen molar-refractivity contribution >= 4 is 51.5 Å². The first kappa shape index (κ1) is 20.3. The Morgan fingerprint density at radius 1 is 0.806 bits per heavy atom. The number of anilines is 2. The molecule has 0 atom stereocenters. The molecule has 7 heteroatoms. The van der Waals surface area contributed by atoms with E-state index >= 15 is 0 Å². The molecule has 1 heterocycles. The van der Waals surface area contributed by atoms with Crippen LogP contribution in [0.2, 0.25) is 0 Å². The van der Waals surface area contributed by atoms with Crippen molar-refractivity contribution < 1.29 is 14.0 Å². The zero-order chi connectivity index (χ0) is 21.6. The third-order valence-electron chi connectivity index (χ3n) is 4.51. The summed E-state index contributed by atoms with van der Waals surface area (Å²) in [5.41, 5.74) is 2.86. The molecule has 4 rings (SSSR count). The van der Waals surface area contributed by atoms with Crippen LogP contribution in [0, 0.1) is 0 Å². The summed E-state index contributed by atoms with van der Waals surface area (Å²) in [4.78, 5) is 24.5. The van der Waals surface area contributed by atoms with Gasteiger partial charge in [0.1, 0.15) is 5.58 Å². The fraction of sp³-hybridized carbons (Fsp3) is 0.0417. The number of hydrogen-bond donors (Lipinski definition) is 3. The fourth-order valence-corrected chi connectivity index (χ4v) is 3.27. The van der Waals surface area contributed by atoms with Crippen LogP contribution in [0.1, 0.15) is 16.1 Å². The molecule has 1 aromatic heterocycles. The number of hydrogen-bond acceptors (Lipinski definition) is 4. The summed E-state index contributed by atoms with van der Waals surface area (Å²) in [5.74, 6) is -0.287. The van der Waals surface area contributed by atoms with E-state index in [1.54, 1.807) is 30.3 Å². The predicted octanol–water partition coefficient (Wildman–Crippen LogP) is 4.74. The quantitative estimate of drug-likeness (QED) is 0.399. The highest BCUT2D eigenvalue weighted by molar-refractivity contribution is 7.80. The van der Waals surface area contributed by atoms with Gasteiger partial charge in [-0.1, -0.05) is 48.5 Å². The lowest BCUT2D eigenvalue weighted by atomic mass is 10.1. The minimum Gasteiger partial charge on any atom is -0.451 e. The third-order valence-corrected chi connectivity index (χ3v) is 4.71. The van der Waals surface area contributed by atoms with Gasteiger partial charge < -0.3 is 20.4 Å². The van der Waals surface area contributed by atoms with Crippen LogP contribution in [0.4, 0.5) is 11.4 Å². The topological polar surface area (TPSA) is 83.4 Å². The van der Waals surface area contributed by atoms with E-state index in [0.29, 0.717) is 17.0 Å². The molecular formula is C24H19N3O3S. The van der Waals surface area contributed by atoms with Crippen molar-refractivity contribution in [2.45, 2.75) is 6.42 Å². The maximum atomic E-state index is 12.4. The van der Waals surface area contributed by atoms with Gasteiger partial charge in [-0.2, -0.15) is 0 Å². The molecule has 0 fully saturated rings. The number of carbonyl (C=O) groups excluding carboxylic acids is 2. The van der Waals surface area contributed by atoms with Gasteiger partial charge in [-0.25, -0.2) is 0 Å². The normalized spacial score (nSPS) is 10.5. The van der Waals surface area contributed by atoms with Gasteiger partial charge in [0.2, 0.25) is 5.91 Å². The highest BCUT2D eigenvalue weighted by Crippen LogP contribution is 2.20. The molecule has 31 heavy (non-hydrogen) atoms. The average molecular weight is 430 g/mol. The summed E-state index contributed by atoms with van der Waals surface area (Å²) in [6, 6.07) is 25.6. The number of carbonyl (C=O) groups is 2. The molecule has 0 spiro atoms. The van der Waals surface area contributed by atoms with Gasteiger partial charge in [0.15, 0.2) is 10.9 Å². The second-order valence-electron chi connectivity index (χ2n) is 6.84. The number of para-hydroxylation sites is 1. The number of benzene rings is 3. The van der Waals surface area contributed by atoms with E-state index in [-0.39, 0.29) is 29.1 Å². The minimum atomic E-state index is -0.333. The Kier molecular flexibility index (Phi) is 6.05. The van der Waals surface area contributed by atoms with Crippen molar-refractivity contribution in [2.24, 2.45) is 0 Å². The highest BCUT2D eigenvalue weighted by atomic mass is 32.1. The molecular weight excluding hydrogens is 410 g/mol. The van der Waals surface area contributed by atoms with Gasteiger partial charge in [-0.3, -0.25) is 9.59 Å². The Balaban J connectivity index is 1.30. The summed E-state index contributed by atoms with van der Waals surface area (Å²) >= 11 is 5.20. The van der Waals surface area contributed by atoms with Crippen LogP contribution in [0.3, 0.4) is 0 Å². The van der Waals surface area contributed by atoms with E-state index in [0.717, 1.165) is 10.9 Å². The lowest BCUT2D eigenvalue weighted by Crippen LogP contribution is -2.35. The Morgan fingerprint density at radius 3 is 2.16 bits per heavy atom. The SMILES string of the molecule is O=C(Cc1ccccc1)NC(=S)Nc1ccc(NC(=O)c2cc3ccccc3o2)cc1. The molecule has 154 valence electrons. The van der Waals surface area contributed by atoms with Gasteiger partial charge in [0, 0.05) is 16.8 Å². The molecule has 0 radical (unpaired) electrons. The summed E-state index contributed by atoms with van der Waals surface area (Å²) in [6.45, 7) is 0. The highest BCUT2D eigenvalue weighted by Gasteiger charge is 2.12. The molecule has 0 bridgehead atoms. The van der Waals surface area contributed by atoms with Crippen molar-refractivity contribution in [3.63, 3.8) is 0 Å². The van der Waals surface area contributed by atoms with Gasteiger partial charge >= 0.3 is 0 Å². The number of rotatable bonds is 5. The lowest BCUT2D eigenvalue weighted by molar-refractivity contribution is -0.119. The van der Waals surface area contributed by atoms with Crippen LogP contribution in [0.5, 0.6) is 0 Å². The van der Waals surface area contributed by atoms with Crippen molar-refractivity contribution in [1.29, 1.82) is 0 Å². The van der Waals surface area contributed by atoms with Crippen molar-refractivity contribution in [3.8, 4) is 0 Å². The number of fused-ring (bicyclic) bond motifs is 1. The largest absolute Gasteiger partial charge is 0.451 e. The van der Waals surface area contributed by atoms with E-state index in [9.17, 15) is 9.59 Å². The van der Waals surface area contributed by atoms with Gasteiger partial charge in [0.05, 0.1) is 6.42 Å². The van der Waals surface area contributed by atoms with Crippen LogP contribution < -0.4 is 16.0 Å². The second kappa shape index (κ2) is 9.23. The van der Waals surface area contributed by atoms with E-state index in [1.165, 1.54) is 0 Å². The molecule has 6 nitrogen and oxygen atoms in total. The molecule has 0 aliphatic heterocycles. The zero-order valence-electron chi connectivity index (χ0n) is 16.4. The smallest absolute Gasteiger partial charge is 0.291 e. The van der Waals surface area contributed by atoms with Crippen molar-refractivity contribution in [2.75, 3.05) is 10.6 Å². The number of amides is 2. The summed E-state index contributed by atoms with van der Waals surface area (Å²) in [6.07, 6.45) is 0.245. The molecule has 4 aromatic rings. The molecule has 3 aromatic carbocycles. The Labute approximate surface area is 184 Å². The summed E-state index contributed by atoms with van der Waals surface area (Å²) in [5, 5.41) is 9.49. The van der Waals surface area contributed by atoms with Gasteiger partial charge in [0.25, 0.3) is 5.91 Å². The standard InChI is InChI=1S/C24H19N3O3S/c28-22(14-16-6-2-1-3-7-16)27-24(31)26-19-12-10-18(11-13-19)25-23(29)21-15-17-8-4-5-9-20(17)30-21/h1-13,15H,14H2,(H,25,29)(H2,26,27,28,31). The second-order valence-corrected chi connectivity index (χ2v) is 7.25. The molecule has 0 unspecified atom stereocenters. The van der Waals surface area contributed by atoms with Crippen molar-refractivity contribution in [3.05, 3.63) is 96.3 Å². The van der Waals surface area contributed by atoms with Gasteiger partial charge in [-0.15, -0.1) is 0 Å². The maximum absolute atomic E-state index is 12.4. The number of thiocarbonyl (C=S) groups is 1. The molecule has 3 N–H and O–H groups in total. The Morgan fingerprint density at radius 2 is 1.45 bits per heavy atom. The van der Waals surface area contributed by atoms with E-state index in [1.807, 2.05) is 54.6 Å². The monoisotopic (exact) mass is 429 g/mol. The fourth-order valence-electron chi connectivity index (χ4n) is 3.04. The third kappa shape index (κ3) is 5.34. The summed E-state index contributed by atoms with van der Waals surface area (Å²) in [7, 11) is 0. The average Bonchev–Trinajstić information content (AvgIpc) is 3.20. The minimum absolute atomic E-state index is 0.196. The van der Waals surface area contributed by atoms with Crippen molar-refractivity contribution in [1.82, 2.24) is 5.32 Å².